The van der Waals surface area contributed by atoms with Crippen LogP contribution in [0.3, 0.4) is 0 Å². The van der Waals surface area contributed by atoms with E-state index in [1.165, 1.54) is 0 Å². The Hall–Kier alpha value is -2.89. The van der Waals surface area contributed by atoms with Crippen LogP contribution in [0, 0.1) is 0 Å². The van der Waals surface area contributed by atoms with E-state index >= 15 is 0 Å². The van der Waals surface area contributed by atoms with Crippen molar-refractivity contribution < 1.29 is 13.6 Å². The van der Waals surface area contributed by atoms with Crippen molar-refractivity contribution >= 4 is 45.8 Å². The Balaban J connectivity index is 1.42. The predicted molar refractivity (Wildman–Crippen MR) is 158 cm³/mol. The fourth-order valence-corrected chi connectivity index (χ4v) is 6.38. The van der Waals surface area contributed by atoms with E-state index in [4.69, 9.17) is 23.2 Å². The molecule has 1 atom stereocenters. The third kappa shape index (κ3) is 6.32. The lowest BCUT2D eigenvalue weighted by atomic mass is 9.86. The van der Waals surface area contributed by atoms with Crippen LogP contribution in [0.4, 0.5) is 14.6 Å². The fraction of sp³-hybridized carbons (Fsp3) is 0.536. The smallest absolute Gasteiger partial charge is 0.271 e. The third-order valence-corrected chi connectivity index (χ3v) is 8.22. The molecule has 2 aromatic heterocycles. The number of carbonyl (C=O) groups excluding carboxylic acids is 1. The first-order chi connectivity index (χ1) is 19.4. The summed E-state index contributed by atoms with van der Waals surface area (Å²) >= 11 is 13.1. The van der Waals surface area contributed by atoms with Crippen molar-refractivity contribution in [3.63, 3.8) is 0 Å². The lowest BCUT2D eigenvalue weighted by Gasteiger charge is -2.38. The molecule has 3 aromatic rings. The number of imidazole rings is 1. The van der Waals surface area contributed by atoms with Crippen LogP contribution in [-0.2, 0) is 12.0 Å². The van der Waals surface area contributed by atoms with Gasteiger partial charge in [-0.25, -0.2) is 13.8 Å². The van der Waals surface area contributed by atoms with Crippen LogP contribution < -0.4 is 10.6 Å². The fourth-order valence-electron chi connectivity index (χ4n) is 5.65. The maximum atomic E-state index is 13.5. The summed E-state index contributed by atoms with van der Waals surface area (Å²) in [6, 6.07) is 3.65. The molecule has 0 spiro atoms. The monoisotopic (exact) mass is 608 g/mol. The number of H-pyrrole nitrogens is 1. The number of anilines is 1. The van der Waals surface area contributed by atoms with E-state index in [2.05, 4.69) is 51.5 Å². The molecule has 13 heteroatoms. The van der Waals surface area contributed by atoms with Gasteiger partial charge < -0.3 is 20.1 Å². The summed E-state index contributed by atoms with van der Waals surface area (Å²) in [5, 5.41) is 15.5. The number of aromatic amines is 1. The number of alkyl halides is 2. The zero-order valence-electron chi connectivity index (χ0n) is 23.6. The number of aromatic nitrogens is 4. The van der Waals surface area contributed by atoms with E-state index in [9.17, 15) is 13.6 Å². The lowest BCUT2D eigenvalue weighted by Crippen LogP contribution is -2.57. The van der Waals surface area contributed by atoms with Crippen LogP contribution in [0.5, 0.6) is 0 Å². The Morgan fingerprint density at radius 3 is 2.68 bits per heavy atom. The Morgan fingerprint density at radius 1 is 1.24 bits per heavy atom. The molecule has 2 aliphatic rings. The summed E-state index contributed by atoms with van der Waals surface area (Å²) < 4.78 is 28.1. The highest BCUT2D eigenvalue weighted by atomic mass is 35.5. The van der Waals surface area contributed by atoms with Crippen LogP contribution >= 0.6 is 23.2 Å². The third-order valence-electron chi connectivity index (χ3n) is 7.64. The molecular weight excluding hydrogens is 573 g/mol. The number of fused-ring (bicyclic) bond motifs is 1. The first kappa shape index (κ1) is 29.6. The molecule has 1 amide bonds. The van der Waals surface area contributed by atoms with E-state index in [0.29, 0.717) is 49.3 Å². The number of nitrogens with one attached hydrogen (secondary N) is 3. The molecule has 41 heavy (non-hydrogen) atoms. The summed E-state index contributed by atoms with van der Waals surface area (Å²) in [6.07, 6.45) is 2.11. The van der Waals surface area contributed by atoms with Gasteiger partial charge in [-0.15, -0.1) is 0 Å². The Kier molecular flexibility index (Phi) is 8.50. The second-order valence-electron chi connectivity index (χ2n) is 11.8. The van der Waals surface area contributed by atoms with Gasteiger partial charge in [-0.3, -0.25) is 14.8 Å². The quantitative estimate of drug-likeness (QED) is 0.300. The van der Waals surface area contributed by atoms with E-state index in [1.807, 2.05) is 35.9 Å². The second-order valence-corrected chi connectivity index (χ2v) is 12.6. The van der Waals surface area contributed by atoms with Crippen molar-refractivity contribution in [2.75, 3.05) is 38.0 Å². The lowest BCUT2D eigenvalue weighted by molar-refractivity contribution is 0.0860. The van der Waals surface area contributed by atoms with Crippen molar-refractivity contribution in [2.24, 2.45) is 0 Å². The SMILES string of the molecule is CC=CN1CC(NC(=O)c2c(Cl)nc(CNc3n[nH]c4cc(Cl)c(C(C)(C)C)cc34)n2[C@@H]2CCN(CC(F)F)C2)C1. The number of halogens is 4. The Bertz CT molecular complexity index is 1440. The standard InChI is InChI=1S/C28H36Cl2F2N8O/c1-5-7-38-12-16(13-38)34-27(41)24-25(30)35-23(40(24)17-6-8-39(14-17)15-22(31)32)11-33-26-18-9-19(28(2,3)4)20(29)10-21(18)36-37-26/h5,7,9-10,16-17,22H,6,8,11-15H2,1-4H3,(H,34,41)(H2,33,36,37)/t17-/m1/s1. The molecule has 3 N–H and O–H groups in total. The maximum Gasteiger partial charge on any atom is 0.271 e. The first-order valence-electron chi connectivity index (χ1n) is 13.8. The molecule has 2 aliphatic heterocycles. The van der Waals surface area contributed by atoms with Gasteiger partial charge in [0.25, 0.3) is 12.3 Å². The predicted octanol–water partition coefficient (Wildman–Crippen LogP) is 5.44. The van der Waals surface area contributed by atoms with E-state index < -0.39 is 6.43 Å². The van der Waals surface area contributed by atoms with E-state index in [-0.39, 0.29) is 47.3 Å². The number of allylic oxidation sites excluding steroid dienone is 1. The van der Waals surface area contributed by atoms with Gasteiger partial charge in [0.05, 0.1) is 24.6 Å². The highest BCUT2D eigenvalue weighted by molar-refractivity contribution is 6.32. The van der Waals surface area contributed by atoms with Gasteiger partial charge in [0.1, 0.15) is 11.5 Å². The van der Waals surface area contributed by atoms with Gasteiger partial charge >= 0.3 is 0 Å². The van der Waals surface area contributed by atoms with Crippen LogP contribution in [0.15, 0.2) is 24.4 Å². The molecule has 0 radical (unpaired) electrons. The summed E-state index contributed by atoms with van der Waals surface area (Å²) in [5.74, 6) is 0.832. The number of amides is 1. The van der Waals surface area contributed by atoms with Gasteiger partial charge in [-0.1, -0.05) is 50.0 Å². The summed E-state index contributed by atoms with van der Waals surface area (Å²) in [5.41, 5.74) is 1.87. The summed E-state index contributed by atoms with van der Waals surface area (Å²) in [7, 11) is 0. The summed E-state index contributed by atoms with van der Waals surface area (Å²) in [4.78, 5) is 21.9. The van der Waals surface area contributed by atoms with Crippen molar-refractivity contribution in [3.05, 3.63) is 51.7 Å². The number of benzene rings is 1. The molecular formula is C28H36Cl2F2N8O. The molecule has 5 rings (SSSR count). The van der Waals surface area contributed by atoms with Crippen molar-refractivity contribution in [2.45, 2.75) is 64.6 Å². The average Bonchev–Trinajstić information content (AvgIpc) is 3.56. The number of likely N-dealkylation sites (tertiary alicyclic amines) is 2. The highest BCUT2D eigenvalue weighted by Gasteiger charge is 2.34. The first-order valence-corrected chi connectivity index (χ1v) is 14.6. The van der Waals surface area contributed by atoms with Crippen molar-refractivity contribution in [3.8, 4) is 0 Å². The van der Waals surface area contributed by atoms with E-state index in [1.54, 1.807) is 4.90 Å². The number of nitrogens with zero attached hydrogens (tertiary/aromatic N) is 5. The van der Waals surface area contributed by atoms with Gasteiger partial charge in [-0.05, 0) is 42.7 Å². The molecule has 4 heterocycles. The van der Waals surface area contributed by atoms with Crippen LogP contribution in [0.2, 0.25) is 10.2 Å². The minimum absolute atomic E-state index is 0.0159. The topological polar surface area (TPSA) is 94.1 Å². The van der Waals surface area contributed by atoms with Crippen LogP contribution in [0.1, 0.15) is 62.0 Å². The van der Waals surface area contributed by atoms with Crippen LogP contribution in [0.25, 0.3) is 10.9 Å². The van der Waals surface area contributed by atoms with Gasteiger partial charge in [0, 0.05) is 42.6 Å². The minimum Gasteiger partial charge on any atom is -0.373 e. The molecule has 222 valence electrons. The molecule has 0 saturated carbocycles. The summed E-state index contributed by atoms with van der Waals surface area (Å²) in [6.45, 7) is 10.4. The number of hydrogen-bond acceptors (Lipinski definition) is 6. The second kappa shape index (κ2) is 11.8. The molecule has 9 nitrogen and oxygen atoms in total. The zero-order chi connectivity index (χ0) is 29.5. The minimum atomic E-state index is -2.43. The van der Waals surface area contributed by atoms with Gasteiger partial charge in [0.15, 0.2) is 11.0 Å². The highest BCUT2D eigenvalue weighted by Crippen LogP contribution is 2.35. The molecule has 2 saturated heterocycles. The molecule has 1 aromatic carbocycles. The average molecular weight is 610 g/mol. The van der Waals surface area contributed by atoms with Crippen molar-refractivity contribution in [1.29, 1.82) is 0 Å². The van der Waals surface area contributed by atoms with E-state index in [0.717, 1.165) is 16.5 Å². The molecule has 0 unspecified atom stereocenters. The molecule has 2 fully saturated rings. The van der Waals surface area contributed by atoms with Crippen molar-refractivity contribution in [1.82, 2.24) is 34.9 Å². The molecule has 0 bridgehead atoms. The number of rotatable bonds is 9. The largest absolute Gasteiger partial charge is 0.373 e. The number of carbonyl (C=O) groups is 1. The van der Waals surface area contributed by atoms with Gasteiger partial charge in [-0.2, -0.15) is 5.10 Å². The molecule has 0 aliphatic carbocycles. The Morgan fingerprint density at radius 2 is 2.00 bits per heavy atom. The normalized spacial score (nSPS) is 18.7. The van der Waals surface area contributed by atoms with Crippen LogP contribution in [-0.4, -0.2) is 80.6 Å². The zero-order valence-corrected chi connectivity index (χ0v) is 25.2. The Labute approximate surface area is 248 Å². The maximum absolute atomic E-state index is 13.5. The number of hydrogen-bond donors (Lipinski definition) is 3. The van der Waals surface area contributed by atoms with Gasteiger partial charge in [0.2, 0.25) is 0 Å².